The fraction of sp³-hybridized carbons (Fsp3) is 0.545. The third kappa shape index (κ3) is 3.81. The number of carbonyl (C=O) groups excluding carboxylic acids is 2. The number of rotatable bonds is 4. The van der Waals surface area contributed by atoms with E-state index >= 15 is 0 Å². The van der Waals surface area contributed by atoms with E-state index < -0.39 is 6.04 Å². The van der Waals surface area contributed by atoms with Gasteiger partial charge in [0.15, 0.2) is 5.11 Å². The molecule has 0 aromatic heterocycles. The lowest BCUT2D eigenvalue weighted by Crippen LogP contribution is -2.50. The molecule has 1 radical (unpaired) electrons. The van der Waals surface area contributed by atoms with Crippen LogP contribution in [0.4, 0.5) is 0 Å². The molecule has 0 bridgehead atoms. The molecule has 0 aromatic rings. The molecular weight excluding hydrogens is 238 g/mol. The maximum Gasteiger partial charge on any atom is 0.309 e. The van der Waals surface area contributed by atoms with Crippen LogP contribution in [0.15, 0.2) is 12.7 Å². The number of hydrogen-bond acceptors (Lipinski definition) is 3. The third-order valence-electron chi connectivity index (χ3n) is 2.56. The number of nitrogens with one attached hydrogen (secondary N) is 2. The van der Waals surface area contributed by atoms with Gasteiger partial charge >= 0.3 is 6.41 Å². The fourth-order valence-corrected chi connectivity index (χ4v) is 1.97. The normalized spacial score (nSPS) is 20.4. The third-order valence-corrected chi connectivity index (χ3v) is 2.93. The average Bonchev–Trinajstić information content (AvgIpc) is 2.50. The van der Waals surface area contributed by atoms with Gasteiger partial charge in [-0.15, -0.1) is 6.58 Å². The van der Waals surface area contributed by atoms with Crippen molar-refractivity contribution in [3.8, 4) is 0 Å². The van der Waals surface area contributed by atoms with Crippen molar-refractivity contribution in [2.24, 2.45) is 0 Å². The Hall–Kier alpha value is -1.43. The van der Waals surface area contributed by atoms with Gasteiger partial charge in [0, 0.05) is 13.1 Å². The number of thiocarbonyl (C=S) groups is 1. The molecule has 1 atom stereocenters. The molecule has 5 nitrogen and oxygen atoms in total. The van der Waals surface area contributed by atoms with Crippen molar-refractivity contribution in [2.45, 2.75) is 25.3 Å². The van der Waals surface area contributed by atoms with Crippen molar-refractivity contribution < 1.29 is 9.59 Å². The van der Waals surface area contributed by atoms with Crippen LogP contribution in [0.5, 0.6) is 0 Å². The van der Waals surface area contributed by atoms with Crippen LogP contribution in [-0.2, 0) is 9.59 Å². The summed E-state index contributed by atoms with van der Waals surface area (Å²) in [4.78, 5) is 23.9. The molecule has 0 spiro atoms. The highest BCUT2D eigenvalue weighted by atomic mass is 32.1. The van der Waals surface area contributed by atoms with E-state index in [9.17, 15) is 9.59 Å². The summed E-state index contributed by atoms with van der Waals surface area (Å²) in [7, 11) is 0. The first-order chi connectivity index (χ1) is 8.20. The standard InChI is InChI=1S/C11H16N3O2S/c1-2-6-12-11(17)14-7-4-3-5-9(10(14)16)13-8-15/h2,9H,1,3-7H2,(H,12,17)(H,13,15)/t9-/m0/s1. The van der Waals surface area contributed by atoms with Crippen molar-refractivity contribution in [3.63, 3.8) is 0 Å². The highest BCUT2D eigenvalue weighted by molar-refractivity contribution is 7.80. The van der Waals surface area contributed by atoms with Crippen molar-refractivity contribution in [1.29, 1.82) is 0 Å². The lowest BCUT2D eigenvalue weighted by atomic mass is 10.1. The summed E-state index contributed by atoms with van der Waals surface area (Å²) < 4.78 is 0. The number of nitrogens with zero attached hydrogens (tertiary/aromatic N) is 1. The topological polar surface area (TPSA) is 61.4 Å². The number of hydrogen-bond donors (Lipinski definition) is 2. The second-order valence-corrected chi connectivity index (χ2v) is 4.15. The van der Waals surface area contributed by atoms with Gasteiger partial charge in [0.05, 0.1) is 0 Å². The Morgan fingerprint density at radius 1 is 1.65 bits per heavy atom. The number of likely N-dealkylation sites (tertiary alicyclic amines) is 1. The van der Waals surface area contributed by atoms with Gasteiger partial charge in [-0.2, -0.15) is 0 Å². The lowest BCUT2D eigenvalue weighted by molar-refractivity contribution is -0.128. The maximum absolute atomic E-state index is 12.1. The SMILES string of the molecule is C=CCNC(=S)N1CCCC[C@H](N[C]=O)C1=O. The molecule has 17 heavy (non-hydrogen) atoms. The Morgan fingerprint density at radius 3 is 3.06 bits per heavy atom. The van der Waals surface area contributed by atoms with Crippen LogP contribution in [0.3, 0.4) is 0 Å². The van der Waals surface area contributed by atoms with Gasteiger partial charge in [-0.1, -0.05) is 6.08 Å². The molecule has 1 aliphatic rings. The second-order valence-electron chi connectivity index (χ2n) is 3.76. The molecule has 1 fully saturated rings. The second kappa shape index (κ2) is 7.01. The first-order valence-electron chi connectivity index (χ1n) is 5.53. The van der Waals surface area contributed by atoms with Crippen LogP contribution in [-0.4, -0.2) is 41.5 Å². The maximum atomic E-state index is 12.1. The average molecular weight is 254 g/mol. The van der Waals surface area contributed by atoms with Crippen LogP contribution in [0, 0.1) is 0 Å². The molecule has 0 saturated carbocycles. The van der Waals surface area contributed by atoms with Gasteiger partial charge in [-0.05, 0) is 31.5 Å². The summed E-state index contributed by atoms with van der Waals surface area (Å²) in [5.41, 5.74) is 0. The van der Waals surface area contributed by atoms with E-state index in [4.69, 9.17) is 12.2 Å². The monoisotopic (exact) mass is 254 g/mol. The van der Waals surface area contributed by atoms with Gasteiger partial charge in [0.25, 0.3) is 5.91 Å². The highest BCUT2D eigenvalue weighted by Crippen LogP contribution is 2.12. The van der Waals surface area contributed by atoms with Crippen LogP contribution in [0.2, 0.25) is 0 Å². The van der Waals surface area contributed by atoms with Gasteiger partial charge < -0.3 is 10.6 Å². The molecular formula is C11H16N3O2S. The first-order valence-corrected chi connectivity index (χ1v) is 5.94. The van der Waals surface area contributed by atoms with E-state index in [1.54, 1.807) is 12.5 Å². The van der Waals surface area contributed by atoms with Crippen LogP contribution in [0.1, 0.15) is 19.3 Å². The molecule has 0 aliphatic carbocycles. The summed E-state index contributed by atoms with van der Waals surface area (Å²) >= 11 is 5.13. The predicted octanol–water partition coefficient (Wildman–Crippen LogP) is 0.0848. The summed E-state index contributed by atoms with van der Waals surface area (Å²) in [6, 6.07) is -0.515. The van der Waals surface area contributed by atoms with Crippen LogP contribution >= 0.6 is 12.2 Å². The van der Waals surface area contributed by atoms with E-state index in [1.165, 1.54) is 4.90 Å². The molecule has 1 aliphatic heterocycles. The number of carbonyl (C=O) groups is 1. The van der Waals surface area contributed by atoms with Crippen LogP contribution in [0.25, 0.3) is 0 Å². The Labute approximate surface area is 106 Å². The minimum absolute atomic E-state index is 0.174. The highest BCUT2D eigenvalue weighted by Gasteiger charge is 2.28. The Kier molecular flexibility index (Phi) is 5.62. The minimum Gasteiger partial charge on any atom is -0.359 e. The fourth-order valence-electron chi connectivity index (χ4n) is 1.70. The van der Waals surface area contributed by atoms with Gasteiger partial charge in [-0.3, -0.25) is 14.5 Å². The number of amides is 2. The molecule has 0 aromatic carbocycles. The van der Waals surface area contributed by atoms with E-state index in [0.717, 1.165) is 12.8 Å². The Balaban J connectivity index is 2.67. The first kappa shape index (κ1) is 13.6. The summed E-state index contributed by atoms with van der Waals surface area (Å²) in [5.74, 6) is -0.174. The van der Waals surface area contributed by atoms with E-state index in [1.807, 2.05) is 0 Å². The quantitative estimate of drug-likeness (QED) is 0.424. The van der Waals surface area contributed by atoms with Crippen molar-refractivity contribution in [1.82, 2.24) is 15.5 Å². The molecule has 2 amide bonds. The zero-order valence-corrected chi connectivity index (χ0v) is 10.4. The largest absolute Gasteiger partial charge is 0.359 e. The summed E-state index contributed by atoms with van der Waals surface area (Å²) in [6.07, 6.45) is 5.63. The zero-order valence-electron chi connectivity index (χ0n) is 9.57. The Morgan fingerprint density at radius 2 is 2.41 bits per heavy atom. The van der Waals surface area contributed by atoms with Gasteiger partial charge in [0.2, 0.25) is 0 Å². The van der Waals surface area contributed by atoms with E-state index in [2.05, 4.69) is 17.2 Å². The molecule has 1 heterocycles. The summed E-state index contributed by atoms with van der Waals surface area (Å²) in [6.45, 7) is 4.67. The molecule has 6 heteroatoms. The predicted molar refractivity (Wildman–Crippen MR) is 69.0 cm³/mol. The molecule has 2 N–H and O–H groups in total. The molecule has 93 valence electrons. The minimum atomic E-state index is -0.515. The molecule has 1 rings (SSSR count). The summed E-state index contributed by atoms with van der Waals surface area (Å²) in [5, 5.41) is 5.71. The van der Waals surface area contributed by atoms with Gasteiger partial charge in [-0.25, -0.2) is 0 Å². The van der Waals surface area contributed by atoms with Crippen molar-refractivity contribution in [3.05, 3.63) is 12.7 Å². The molecule has 1 saturated heterocycles. The van der Waals surface area contributed by atoms with Crippen LogP contribution < -0.4 is 10.6 Å². The molecule has 0 unspecified atom stereocenters. The van der Waals surface area contributed by atoms with E-state index in [0.29, 0.717) is 24.6 Å². The zero-order chi connectivity index (χ0) is 12.7. The van der Waals surface area contributed by atoms with E-state index in [-0.39, 0.29) is 5.91 Å². The van der Waals surface area contributed by atoms with Crippen molar-refractivity contribution in [2.75, 3.05) is 13.1 Å². The smallest absolute Gasteiger partial charge is 0.309 e. The van der Waals surface area contributed by atoms with Crippen molar-refractivity contribution >= 4 is 29.6 Å². The van der Waals surface area contributed by atoms with Gasteiger partial charge in [0.1, 0.15) is 6.04 Å². The Bertz CT molecular complexity index is 320. The lowest BCUT2D eigenvalue weighted by Gasteiger charge is -2.24.